The second kappa shape index (κ2) is 6.98. The molecule has 1 rings (SSSR count). The van der Waals surface area contributed by atoms with E-state index in [2.05, 4.69) is 5.32 Å². The predicted octanol–water partition coefficient (Wildman–Crippen LogP) is 2.74. The van der Waals surface area contributed by atoms with Gasteiger partial charge in [-0.25, -0.2) is 8.78 Å². The number of benzene rings is 1. The summed E-state index contributed by atoms with van der Waals surface area (Å²) in [6.07, 6.45) is -2.58. The van der Waals surface area contributed by atoms with Gasteiger partial charge in [-0.2, -0.15) is 0 Å². The van der Waals surface area contributed by atoms with Crippen LogP contribution in [0, 0.1) is 10.1 Å². The minimum Gasteiger partial charge on any atom is -0.487 e. The van der Waals surface area contributed by atoms with E-state index >= 15 is 0 Å². The van der Waals surface area contributed by atoms with Gasteiger partial charge in [0.25, 0.3) is 12.1 Å². The Morgan fingerprint density at radius 3 is 2.63 bits per heavy atom. The fourth-order valence-electron chi connectivity index (χ4n) is 1.43. The van der Waals surface area contributed by atoms with E-state index in [9.17, 15) is 18.9 Å². The number of hydrogen-bond donors (Lipinski definition) is 1. The predicted molar refractivity (Wildman–Crippen MR) is 66.6 cm³/mol. The summed E-state index contributed by atoms with van der Waals surface area (Å²) in [6, 6.07) is 4.08. The van der Waals surface area contributed by atoms with Crippen LogP contribution in [0.4, 0.5) is 14.5 Å². The number of nitrogens with one attached hydrogen (secondary N) is 1. The van der Waals surface area contributed by atoms with E-state index in [0.717, 1.165) is 0 Å². The minimum atomic E-state index is -2.58. The third-order valence-electron chi connectivity index (χ3n) is 2.32. The van der Waals surface area contributed by atoms with E-state index in [0.29, 0.717) is 12.1 Å². The molecule has 0 radical (unpaired) electrons. The molecule has 0 aromatic heterocycles. The molecule has 0 amide bonds. The topological polar surface area (TPSA) is 64.4 Å². The monoisotopic (exact) mass is 274 g/mol. The van der Waals surface area contributed by atoms with Crippen molar-refractivity contribution >= 4 is 5.69 Å². The van der Waals surface area contributed by atoms with Crippen molar-refractivity contribution < 1.29 is 18.4 Å². The summed E-state index contributed by atoms with van der Waals surface area (Å²) in [5.74, 6) is 0.235. The Kier molecular flexibility index (Phi) is 5.62. The van der Waals surface area contributed by atoms with Crippen LogP contribution in [-0.2, 0) is 6.54 Å². The maximum absolute atomic E-state index is 12.1. The van der Waals surface area contributed by atoms with Gasteiger partial charge < -0.3 is 10.1 Å². The molecule has 0 spiro atoms. The van der Waals surface area contributed by atoms with Crippen molar-refractivity contribution in [1.82, 2.24) is 5.32 Å². The third kappa shape index (κ3) is 5.17. The number of hydrogen-bond acceptors (Lipinski definition) is 4. The fourth-order valence-corrected chi connectivity index (χ4v) is 1.43. The van der Waals surface area contributed by atoms with Crippen LogP contribution >= 0.6 is 0 Å². The van der Waals surface area contributed by atoms with Crippen molar-refractivity contribution in [2.24, 2.45) is 0 Å². The number of nitro benzene ring substituents is 1. The lowest BCUT2D eigenvalue weighted by Crippen LogP contribution is -2.22. The second-order valence-electron chi connectivity index (χ2n) is 4.29. The summed E-state index contributed by atoms with van der Waals surface area (Å²) in [5, 5.41) is 13.8. The van der Waals surface area contributed by atoms with Crippen LogP contribution in [0.15, 0.2) is 18.2 Å². The van der Waals surface area contributed by atoms with E-state index in [1.54, 1.807) is 0 Å². The average Bonchev–Trinajstić information content (AvgIpc) is 2.33. The number of nitrogens with zero attached hydrogens (tertiary/aromatic N) is 1. The maximum atomic E-state index is 12.1. The molecule has 0 saturated heterocycles. The van der Waals surface area contributed by atoms with Crippen molar-refractivity contribution in [2.75, 3.05) is 6.61 Å². The van der Waals surface area contributed by atoms with Crippen LogP contribution in [0.1, 0.15) is 19.4 Å². The maximum Gasteiger partial charge on any atom is 0.272 e. The Balaban J connectivity index is 2.90. The average molecular weight is 274 g/mol. The summed E-state index contributed by atoms with van der Waals surface area (Å²) in [7, 11) is 0. The molecule has 0 fully saturated rings. The normalized spacial score (nSPS) is 11.1. The van der Waals surface area contributed by atoms with E-state index in [4.69, 9.17) is 4.74 Å². The van der Waals surface area contributed by atoms with Gasteiger partial charge in [-0.05, 0) is 6.07 Å². The van der Waals surface area contributed by atoms with Gasteiger partial charge >= 0.3 is 0 Å². The number of rotatable bonds is 7. The first-order valence-electron chi connectivity index (χ1n) is 5.81. The Morgan fingerprint density at radius 1 is 1.42 bits per heavy atom. The van der Waals surface area contributed by atoms with Crippen LogP contribution < -0.4 is 10.1 Å². The highest BCUT2D eigenvalue weighted by Gasteiger charge is 2.13. The van der Waals surface area contributed by atoms with Gasteiger partial charge in [-0.3, -0.25) is 10.1 Å². The molecule has 0 atom stereocenters. The first-order valence-corrected chi connectivity index (χ1v) is 5.81. The number of non-ortho nitro benzene ring substituents is 1. The van der Waals surface area contributed by atoms with Crippen molar-refractivity contribution in [3.8, 4) is 5.75 Å². The Bertz CT molecular complexity index is 439. The summed E-state index contributed by atoms with van der Waals surface area (Å²) in [5.41, 5.74) is 0.397. The molecule has 1 aromatic rings. The Hall–Kier alpha value is -1.76. The molecular formula is C12H16F2N2O3. The molecule has 0 heterocycles. The lowest BCUT2D eigenvalue weighted by Gasteiger charge is -2.13. The number of ether oxygens (including phenoxy) is 1. The molecule has 0 saturated carbocycles. The molecule has 0 aliphatic rings. The molecule has 7 heteroatoms. The fraction of sp³-hybridized carbons (Fsp3) is 0.500. The number of halogens is 2. The van der Waals surface area contributed by atoms with Gasteiger partial charge in [0.05, 0.1) is 4.92 Å². The molecule has 1 aromatic carbocycles. The van der Waals surface area contributed by atoms with E-state index < -0.39 is 18.0 Å². The highest BCUT2D eigenvalue weighted by atomic mass is 19.3. The highest BCUT2D eigenvalue weighted by molar-refractivity contribution is 5.43. The van der Waals surface area contributed by atoms with E-state index in [1.165, 1.54) is 18.2 Å². The zero-order valence-electron chi connectivity index (χ0n) is 10.7. The standard InChI is InChI=1S/C12H16F2N2O3/c1-8(2)15-6-9-5-10(16(17)18)3-4-11(9)19-7-12(13)14/h3-5,8,12,15H,6-7H2,1-2H3. The molecule has 106 valence electrons. The van der Waals surface area contributed by atoms with Gasteiger partial charge in [0.2, 0.25) is 0 Å². The van der Waals surface area contributed by atoms with Crippen LogP contribution in [0.3, 0.4) is 0 Å². The quantitative estimate of drug-likeness (QED) is 0.613. The Morgan fingerprint density at radius 2 is 2.11 bits per heavy atom. The number of alkyl halides is 2. The third-order valence-corrected chi connectivity index (χ3v) is 2.32. The lowest BCUT2D eigenvalue weighted by atomic mass is 10.1. The van der Waals surface area contributed by atoms with Crippen LogP contribution in [0.2, 0.25) is 0 Å². The number of nitro groups is 1. The largest absolute Gasteiger partial charge is 0.487 e. The van der Waals surface area contributed by atoms with E-state index in [1.807, 2.05) is 13.8 Å². The lowest BCUT2D eigenvalue weighted by molar-refractivity contribution is -0.384. The van der Waals surface area contributed by atoms with Crippen molar-refractivity contribution in [3.63, 3.8) is 0 Å². The second-order valence-corrected chi connectivity index (χ2v) is 4.29. The highest BCUT2D eigenvalue weighted by Crippen LogP contribution is 2.24. The Labute approximate surface area is 109 Å². The van der Waals surface area contributed by atoms with Crippen molar-refractivity contribution in [2.45, 2.75) is 32.9 Å². The van der Waals surface area contributed by atoms with Crippen LogP contribution in [0.25, 0.3) is 0 Å². The SMILES string of the molecule is CC(C)NCc1cc([N+](=O)[O-])ccc1OCC(F)F. The summed E-state index contributed by atoms with van der Waals surface area (Å²) < 4.78 is 29.2. The van der Waals surface area contributed by atoms with Crippen molar-refractivity contribution in [1.29, 1.82) is 0 Å². The van der Waals surface area contributed by atoms with Crippen LogP contribution in [-0.4, -0.2) is 24.0 Å². The van der Waals surface area contributed by atoms with Gasteiger partial charge in [0.15, 0.2) is 0 Å². The molecule has 0 bridgehead atoms. The summed E-state index contributed by atoms with van der Waals surface area (Å²) >= 11 is 0. The summed E-state index contributed by atoms with van der Waals surface area (Å²) in [6.45, 7) is 3.42. The van der Waals surface area contributed by atoms with Gasteiger partial charge in [0, 0.05) is 30.3 Å². The molecule has 0 aliphatic heterocycles. The molecule has 19 heavy (non-hydrogen) atoms. The zero-order valence-corrected chi connectivity index (χ0v) is 10.7. The van der Waals surface area contributed by atoms with Gasteiger partial charge in [0.1, 0.15) is 12.4 Å². The van der Waals surface area contributed by atoms with Crippen LogP contribution in [0.5, 0.6) is 5.75 Å². The molecule has 0 unspecified atom stereocenters. The molecular weight excluding hydrogens is 258 g/mol. The molecule has 1 N–H and O–H groups in total. The smallest absolute Gasteiger partial charge is 0.272 e. The first-order chi connectivity index (χ1) is 8.90. The van der Waals surface area contributed by atoms with Crippen molar-refractivity contribution in [3.05, 3.63) is 33.9 Å². The first kappa shape index (κ1) is 15.3. The minimum absolute atomic E-state index is 0.0926. The van der Waals surface area contributed by atoms with Gasteiger partial charge in [-0.15, -0.1) is 0 Å². The van der Waals surface area contributed by atoms with E-state index in [-0.39, 0.29) is 17.5 Å². The van der Waals surface area contributed by atoms with Gasteiger partial charge in [-0.1, -0.05) is 13.8 Å². The molecule has 0 aliphatic carbocycles. The molecule has 5 nitrogen and oxygen atoms in total. The summed E-state index contributed by atoms with van der Waals surface area (Å²) in [4.78, 5) is 10.2. The zero-order chi connectivity index (χ0) is 14.4.